The summed E-state index contributed by atoms with van der Waals surface area (Å²) in [6, 6.07) is 14.2. The van der Waals surface area contributed by atoms with E-state index in [1.165, 1.54) is 0 Å². The van der Waals surface area contributed by atoms with Gasteiger partial charge in [0, 0.05) is 29.0 Å². The van der Waals surface area contributed by atoms with E-state index in [0.29, 0.717) is 0 Å². The quantitative estimate of drug-likeness (QED) is 0.610. The van der Waals surface area contributed by atoms with Crippen LogP contribution < -0.4 is 4.98 Å². The van der Waals surface area contributed by atoms with Gasteiger partial charge in [0.1, 0.15) is 0 Å². The Kier molecular flexibility index (Phi) is 2.71. The lowest BCUT2D eigenvalue weighted by Gasteiger charge is -2.00. The van der Waals surface area contributed by atoms with E-state index >= 15 is 0 Å². The van der Waals surface area contributed by atoms with Gasteiger partial charge in [-0.2, -0.15) is 5.10 Å². The molecule has 0 saturated carbocycles. The van der Waals surface area contributed by atoms with Gasteiger partial charge in [0.15, 0.2) is 6.20 Å². The second-order valence-electron chi connectivity index (χ2n) is 4.86. The molecule has 4 rings (SSSR count). The number of rotatable bonds is 2. The van der Waals surface area contributed by atoms with Crippen molar-refractivity contribution in [3.8, 4) is 0 Å². The van der Waals surface area contributed by atoms with Crippen molar-refractivity contribution >= 4 is 34.0 Å². The number of hydrogen-bond donors (Lipinski definition) is 1. The maximum Gasteiger partial charge on any atom is 0.203 e. The third kappa shape index (κ3) is 2.17. The van der Waals surface area contributed by atoms with E-state index in [4.69, 9.17) is 4.98 Å². The Morgan fingerprint density at radius 2 is 1.95 bits per heavy atom. The Balaban J connectivity index is 1.81. The Morgan fingerprint density at radius 1 is 1.00 bits per heavy atom. The van der Waals surface area contributed by atoms with Gasteiger partial charge < -0.3 is 0 Å². The lowest BCUT2D eigenvalue weighted by molar-refractivity contribution is -0.380. The predicted molar refractivity (Wildman–Crippen MR) is 83.3 cm³/mol. The zero-order valence-corrected chi connectivity index (χ0v) is 11.2. The predicted octanol–water partition coefficient (Wildman–Crippen LogP) is 3.10. The molecule has 0 aliphatic rings. The van der Waals surface area contributed by atoms with Crippen molar-refractivity contribution in [3.63, 3.8) is 0 Å². The van der Waals surface area contributed by atoms with Gasteiger partial charge in [-0.05, 0) is 24.3 Å². The van der Waals surface area contributed by atoms with E-state index in [-0.39, 0.29) is 0 Å². The number of nitrogens with zero attached hydrogens (tertiary/aromatic N) is 2. The van der Waals surface area contributed by atoms with Gasteiger partial charge in [0.2, 0.25) is 5.69 Å². The van der Waals surface area contributed by atoms with Crippen LogP contribution in [0.25, 0.3) is 34.0 Å². The van der Waals surface area contributed by atoms with E-state index in [0.717, 1.165) is 33.2 Å². The van der Waals surface area contributed by atoms with Gasteiger partial charge in [0.05, 0.1) is 22.9 Å². The monoisotopic (exact) mass is 273 g/mol. The number of aromatic amines is 2. The van der Waals surface area contributed by atoms with Crippen LogP contribution in [0.15, 0.2) is 54.9 Å². The maximum atomic E-state index is 4.73. The molecule has 0 unspecified atom stereocenters. The highest BCUT2D eigenvalue weighted by Crippen LogP contribution is 2.22. The second kappa shape index (κ2) is 4.83. The third-order valence-corrected chi connectivity index (χ3v) is 3.47. The van der Waals surface area contributed by atoms with Gasteiger partial charge in [-0.1, -0.05) is 12.1 Å². The molecule has 2 N–H and O–H groups in total. The van der Waals surface area contributed by atoms with Crippen LogP contribution in [-0.2, 0) is 0 Å². The highest BCUT2D eigenvalue weighted by molar-refractivity contribution is 6.03. The molecule has 0 radical (unpaired) electrons. The second-order valence-corrected chi connectivity index (χ2v) is 4.86. The van der Waals surface area contributed by atoms with E-state index < -0.39 is 0 Å². The number of fused-ring (bicyclic) bond motifs is 3. The van der Waals surface area contributed by atoms with Crippen molar-refractivity contribution in [1.82, 2.24) is 15.2 Å². The summed E-state index contributed by atoms with van der Waals surface area (Å²) in [5, 5.41) is 9.23. The number of H-pyrrole nitrogens is 2. The van der Waals surface area contributed by atoms with E-state index in [2.05, 4.69) is 27.3 Å². The van der Waals surface area contributed by atoms with Gasteiger partial charge in [0.25, 0.3) is 0 Å². The van der Waals surface area contributed by atoms with Crippen molar-refractivity contribution in [2.45, 2.75) is 0 Å². The molecule has 0 amide bonds. The average Bonchev–Trinajstić information content (AvgIpc) is 3.03. The molecule has 0 fully saturated rings. The summed E-state index contributed by atoms with van der Waals surface area (Å²) in [4.78, 5) is 7.90. The first-order chi connectivity index (χ1) is 10.4. The zero-order valence-electron chi connectivity index (χ0n) is 11.2. The molecule has 0 aliphatic carbocycles. The topological polar surface area (TPSA) is 55.7 Å². The van der Waals surface area contributed by atoms with Crippen LogP contribution in [0.4, 0.5) is 0 Å². The molecule has 4 nitrogen and oxygen atoms in total. The summed E-state index contributed by atoms with van der Waals surface area (Å²) in [5.74, 6) is 0. The van der Waals surface area contributed by atoms with Gasteiger partial charge in [-0.15, -0.1) is 0 Å². The molecular formula is C17H13N4+. The van der Waals surface area contributed by atoms with Crippen molar-refractivity contribution < 1.29 is 4.98 Å². The molecule has 4 heteroatoms. The summed E-state index contributed by atoms with van der Waals surface area (Å²) in [6.45, 7) is 0. The highest BCUT2D eigenvalue weighted by atomic mass is 15.1. The minimum absolute atomic E-state index is 0.924. The molecule has 0 aliphatic heterocycles. The highest BCUT2D eigenvalue weighted by Gasteiger charge is 2.04. The lowest BCUT2D eigenvalue weighted by atomic mass is 10.1. The van der Waals surface area contributed by atoms with Crippen molar-refractivity contribution in [2.75, 3.05) is 0 Å². The zero-order chi connectivity index (χ0) is 14.1. The fourth-order valence-corrected chi connectivity index (χ4v) is 2.40. The standard InChI is InChI=1S/C17H12N4/c1-2-10-18-13(3-1)7-8-14-6-4-12-5-9-16-15(11-19-21-16)17(12)20-14/h1-11H,(H,19,21)/p+1. The van der Waals surface area contributed by atoms with Crippen molar-refractivity contribution in [2.24, 2.45) is 0 Å². The molecule has 0 bridgehead atoms. The molecule has 0 spiro atoms. The van der Waals surface area contributed by atoms with Crippen LogP contribution in [0.2, 0.25) is 0 Å². The molecule has 1 aromatic carbocycles. The van der Waals surface area contributed by atoms with Crippen LogP contribution in [-0.4, -0.2) is 15.2 Å². The first kappa shape index (κ1) is 11.8. The van der Waals surface area contributed by atoms with Crippen LogP contribution in [0.5, 0.6) is 0 Å². The molecular weight excluding hydrogens is 260 g/mol. The first-order valence-electron chi connectivity index (χ1n) is 6.78. The smallest absolute Gasteiger partial charge is 0.203 e. The average molecular weight is 273 g/mol. The lowest BCUT2D eigenvalue weighted by Crippen LogP contribution is -2.03. The van der Waals surface area contributed by atoms with Gasteiger partial charge in [-0.3, -0.25) is 5.10 Å². The van der Waals surface area contributed by atoms with E-state index in [1.807, 2.05) is 54.9 Å². The number of benzene rings is 1. The molecule has 3 heterocycles. The summed E-state index contributed by atoms with van der Waals surface area (Å²) in [6.07, 6.45) is 7.75. The first-order valence-corrected chi connectivity index (χ1v) is 6.78. The summed E-state index contributed by atoms with van der Waals surface area (Å²) < 4.78 is 0. The largest absolute Gasteiger partial charge is 0.278 e. The fraction of sp³-hybridized carbons (Fsp3) is 0. The third-order valence-electron chi connectivity index (χ3n) is 3.47. The molecule has 4 aromatic rings. The van der Waals surface area contributed by atoms with Crippen LogP contribution >= 0.6 is 0 Å². The Bertz CT molecular complexity index is 939. The van der Waals surface area contributed by atoms with Gasteiger partial charge >= 0.3 is 0 Å². The van der Waals surface area contributed by atoms with E-state index in [9.17, 15) is 0 Å². The number of nitrogens with one attached hydrogen (secondary N) is 2. The number of aromatic nitrogens is 4. The van der Waals surface area contributed by atoms with Crippen molar-refractivity contribution in [1.29, 1.82) is 0 Å². The summed E-state index contributed by atoms with van der Waals surface area (Å²) >= 11 is 0. The molecule has 0 atom stereocenters. The maximum absolute atomic E-state index is 4.73. The van der Waals surface area contributed by atoms with Crippen molar-refractivity contribution in [3.05, 3.63) is 66.2 Å². The Hall–Kier alpha value is -3.01. The van der Waals surface area contributed by atoms with Gasteiger partial charge in [-0.25, -0.2) is 9.97 Å². The van der Waals surface area contributed by atoms with Crippen LogP contribution in [0.3, 0.4) is 0 Å². The number of pyridine rings is 2. The molecule has 21 heavy (non-hydrogen) atoms. The number of hydrogen-bond acceptors (Lipinski definition) is 2. The summed E-state index contributed by atoms with van der Waals surface area (Å²) in [7, 11) is 0. The Morgan fingerprint density at radius 3 is 2.86 bits per heavy atom. The minimum Gasteiger partial charge on any atom is -0.278 e. The molecule has 3 aromatic heterocycles. The van der Waals surface area contributed by atoms with Crippen LogP contribution in [0, 0.1) is 0 Å². The normalized spacial score (nSPS) is 11.6. The SMILES string of the molecule is C(=Cc1cccc[nH+]1)c1ccc2ccc3[nH]ncc3c2n1. The summed E-state index contributed by atoms with van der Waals surface area (Å²) in [5.41, 5.74) is 3.95. The molecule has 0 saturated heterocycles. The van der Waals surface area contributed by atoms with Crippen LogP contribution in [0.1, 0.15) is 11.4 Å². The fourth-order valence-electron chi connectivity index (χ4n) is 2.40. The Labute approximate surface area is 121 Å². The van der Waals surface area contributed by atoms with E-state index in [1.54, 1.807) is 0 Å². The minimum atomic E-state index is 0.924. The molecule has 100 valence electrons.